The largest absolute Gasteiger partial charge is 0.503 e. The van der Waals surface area contributed by atoms with E-state index < -0.39 is 23.0 Å². The van der Waals surface area contributed by atoms with Crippen LogP contribution in [0.25, 0.3) is 0 Å². The lowest BCUT2D eigenvalue weighted by molar-refractivity contribution is 0.0681. The summed E-state index contributed by atoms with van der Waals surface area (Å²) in [5, 5.41) is 13.9. The monoisotopic (exact) mass is 493 g/mol. The molecular formula is C27H28ClN3O4. The Bertz CT molecular complexity index is 1340. The van der Waals surface area contributed by atoms with Gasteiger partial charge in [0, 0.05) is 37.4 Å². The first-order valence-electron chi connectivity index (χ1n) is 11.4. The molecule has 35 heavy (non-hydrogen) atoms. The molecule has 0 saturated heterocycles. The van der Waals surface area contributed by atoms with Crippen LogP contribution < -0.4 is 10.7 Å². The second-order valence-corrected chi connectivity index (χ2v) is 10.2. The van der Waals surface area contributed by atoms with Crippen molar-refractivity contribution in [2.45, 2.75) is 45.8 Å². The molecule has 0 spiro atoms. The van der Waals surface area contributed by atoms with E-state index in [1.165, 1.54) is 16.3 Å². The lowest BCUT2D eigenvalue weighted by Crippen LogP contribution is -2.42. The normalized spacial score (nSPS) is 13.5. The molecule has 8 heteroatoms. The van der Waals surface area contributed by atoms with Gasteiger partial charge in [-0.05, 0) is 34.2 Å². The van der Waals surface area contributed by atoms with Crippen molar-refractivity contribution in [3.05, 3.63) is 97.9 Å². The minimum Gasteiger partial charge on any atom is -0.503 e. The van der Waals surface area contributed by atoms with Crippen molar-refractivity contribution >= 4 is 23.4 Å². The number of carbonyl (C=O) groups excluding carboxylic acids is 2. The molecule has 0 radical (unpaired) electrons. The highest BCUT2D eigenvalue weighted by atomic mass is 35.5. The first kappa shape index (κ1) is 24.5. The lowest BCUT2D eigenvalue weighted by atomic mass is 9.87. The third kappa shape index (κ3) is 5.25. The molecule has 0 aliphatic carbocycles. The van der Waals surface area contributed by atoms with Crippen LogP contribution in [0.2, 0.25) is 5.02 Å². The van der Waals surface area contributed by atoms with Gasteiger partial charge < -0.3 is 19.9 Å². The number of carbonyl (C=O) groups is 2. The quantitative estimate of drug-likeness (QED) is 0.560. The van der Waals surface area contributed by atoms with Crippen LogP contribution in [0.4, 0.5) is 0 Å². The molecule has 2 amide bonds. The van der Waals surface area contributed by atoms with Gasteiger partial charge >= 0.3 is 0 Å². The van der Waals surface area contributed by atoms with Crippen LogP contribution in [0.3, 0.4) is 0 Å². The van der Waals surface area contributed by atoms with Gasteiger partial charge in [0.15, 0.2) is 11.4 Å². The molecule has 2 N–H and O–H groups in total. The number of rotatable bonds is 5. The maximum absolute atomic E-state index is 13.0. The Morgan fingerprint density at radius 1 is 1.06 bits per heavy atom. The molecule has 0 unspecified atom stereocenters. The van der Waals surface area contributed by atoms with Gasteiger partial charge in [0.2, 0.25) is 5.43 Å². The van der Waals surface area contributed by atoms with Gasteiger partial charge in [0.1, 0.15) is 5.56 Å². The molecule has 1 aromatic heterocycles. The average molecular weight is 494 g/mol. The third-order valence-corrected chi connectivity index (χ3v) is 6.37. The van der Waals surface area contributed by atoms with E-state index in [-0.39, 0.29) is 23.2 Å². The van der Waals surface area contributed by atoms with Crippen LogP contribution in [0.15, 0.2) is 59.5 Å². The predicted octanol–water partition coefficient (Wildman–Crippen LogP) is 4.09. The van der Waals surface area contributed by atoms with Gasteiger partial charge in [0.25, 0.3) is 11.8 Å². The maximum atomic E-state index is 13.0. The second kappa shape index (κ2) is 9.58. The van der Waals surface area contributed by atoms with Crippen molar-refractivity contribution in [1.29, 1.82) is 0 Å². The molecule has 0 saturated carbocycles. The minimum atomic E-state index is -0.866. The second-order valence-electron chi connectivity index (χ2n) is 9.75. The molecule has 7 nitrogen and oxygen atoms in total. The number of hydrogen-bond acceptors (Lipinski definition) is 4. The van der Waals surface area contributed by atoms with Crippen molar-refractivity contribution in [3.63, 3.8) is 0 Å². The van der Waals surface area contributed by atoms with Gasteiger partial charge in [-0.3, -0.25) is 14.4 Å². The lowest BCUT2D eigenvalue weighted by Gasteiger charge is -2.30. The molecule has 0 fully saturated rings. The first-order valence-corrected chi connectivity index (χ1v) is 11.8. The number of amides is 2. The molecule has 0 atom stereocenters. The third-order valence-electron chi connectivity index (χ3n) is 6.14. The van der Waals surface area contributed by atoms with Crippen molar-refractivity contribution in [2.24, 2.45) is 0 Å². The van der Waals surface area contributed by atoms with Gasteiger partial charge in [-0.1, -0.05) is 68.8 Å². The Kier molecular flexibility index (Phi) is 6.72. The van der Waals surface area contributed by atoms with E-state index in [4.69, 9.17) is 11.6 Å². The fraction of sp³-hybridized carbons (Fsp3) is 0.296. The van der Waals surface area contributed by atoms with E-state index in [1.807, 2.05) is 30.3 Å². The highest BCUT2D eigenvalue weighted by molar-refractivity contribution is 6.30. The summed E-state index contributed by atoms with van der Waals surface area (Å²) in [7, 11) is 0. The van der Waals surface area contributed by atoms with Crippen LogP contribution in [-0.4, -0.2) is 32.9 Å². The molecule has 182 valence electrons. The zero-order valence-electron chi connectivity index (χ0n) is 20.0. The number of hydrogen-bond donors (Lipinski definition) is 2. The molecule has 2 heterocycles. The Morgan fingerprint density at radius 2 is 1.77 bits per heavy atom. The topological polar surface area (TPSA) is 91.6 Å². The number of aromatic hydroxyl groups is 1. The molecule has 0 bridgehead atoms. The van der Waals surface area contributed by atoms with E-state index >= 15 is 0 Å². The Morgan fingerprint density at radius 3 is 2.43 bits per heavy atom. The van der Waals surface area contributed by atoms with Crippen LogP contribution in [0.1, 0.15) is 58.3 Å². The van der Waals surface area contributed by atoms with E-state index in [9.17, 15) is 19.5 Å². The molecular weight excluding hydrogens is 466 g/mol. The number of halogens is 1. The molecule has 2 aromatic carbocycles. The zero-order valence-corrected chi connectivity index (χ0v) is 20.7. The SMILES string of the molecule is CC(C)(C)c1ccc(CNC(=O)c2cn3c(c(O)c2=O)C(=O)N(Cc2cccc(Cl)c2)CC3)cc1. The van der Waals surface area contributed by atoms with Crippen LogP contribution in [0, 0.1) is 0 Å². The number of nitrogens with one attached hydrogen (secondary N) is 1. The standard InChI is InChI=1S/C27H28ClN3O4/c1-27(2,3)19-9-7-17(8-10-19)14-29-25(34)21-16-30-11-12-31(15-18-5-4-6-20(28)13-18)26(35)22(30)24(33)23(21)32/h4-10,13,16,33H,11-12,14-15H2,1-3H3,(H,29,34). The maximum Gasteiger partial charge on any atom is 0.274 e. The number of nitrogens with zero attached hydrogens (tertiary/aromatic N) is 2. The summed E-state index contributed by atoms with van der Waals surface area (Å²) in [5.41, 5.74) is 1.76. The van der Waals surface area contributed by atoms with Crippen molar-refractivity contribution < 1.29 is 14.7 Å². The van der Waals surface area contributed by atoms with Crippen LogP contribution in [-0.2, 0) is 25.0 Å². The van der Waals surface area contributed by atoms with Crippen molar-refractivity contribution in [3.8, 4) is 5.75 Å². The highest BCUT2D eigenvalue weighted by Gasteiger charge is 2.30. The van der Waals surface area contributed by atoms with E-state index in [0.29, 0.717) is 24.7 Å². The van der Waals surface area contributed by atoms with E-state index in [0.717, 1.165) is 11.1 Å². The fourth-order valence-corrected chi connectivity index (χ4v) is 4.31. The summed E-state index contributed by atoms with van der Waals surface area (Å²) in [5.74, 6) is -1.79. The summed E-state index contributed by atoms with van der Waals surface area (Å²) >= 11 is 6.04. The van der Waals surface area contributed by atoms with Gasteiger partial charge in [-0.25, -0.2) is 0 Å². The van der Waals surface area contributed by atoms with Crippen LogP contribution >= 0.6 is 11.6 Å². The smallest absolute Gasteiger partial charge is 0.274 e. The Hall–Kier alpha value is -3.58. The molecule has 1 aliphatic heterocycles. The summed E-state index contributed by atoms with van der Waals surface area (Å²) in [6.07, 6.45) is 1.35. The number of benzene rings is 2. The zero-order chi connectivity index (χ0) is 25.3. The van der Waals surface area contributed by atoms with Crippen LogP contribution in [0.5, 0.6) is 5.75 Å². The van der Waals surface area contributed by atoms with Crippen molar-refractivity contribution in [2.75, 3.05) is 6.54 Å². The molecule has 1 aliphatic rings. The van der Waals surface area contributed by atoms with Gasteiger partial charge in [0.05, 0.1) is 0 Å². The highest BCUT2D eigenvalue weighted by Crippen LogP contribution is 2.24. The summed E-state index contributed by atoms with van der Waals surface area (Å²) in [6, 6.07) is 15.1. The number of aromatic nitrogens is 1. The first-order chi connectivity index (χ1) is 16.5. The Labute approximate surface area is 209 Å². The molecule has 3 aromatic rings. The van der Waals surface area contributed by atoms with E-state index in [2.05, 4.69) is 26.1 Å². The van der Waals surface area contributed by atoms with Gasteiger partial charge in [-0.15, -0.1) is 0 Å². The fourth-order valence-electron chi connectivity index (χ4n) is 4.10. The number of pyridine rings is 1. The molecule has 4 rings (SSSR count). The summed E-state index contributed by atoms with van der Waals surface area (Å²) in [6.45, 7) is 7.61. The predicted molar refractivity (Wildman–Crippen MR) is 135 cm³/mol. The Balaban J connectivity index is 1.50. The minimum absolute atomic E-state index is 0.0261. The number of fused-ring (bicyclic) bond motifs is 1. The average Bonchev–Trinajstić information content (AvgIpc) is 2.81. The summed E-state index contributed by atoms with van der Waals surface area (Å²) in [4.78, 5) is 40.2. The summed E-state index contributed by atoms with van der Waals surface area (Å²) < 4.78 is 1.47. The van der Waals surface area contributed by atoms with Gasteiger partial charge in [-0.2, -0.15) is 0 Å². The van der Waals surface area contributed by atoms with E-state index in [1.54, 1.807) is 23.1 Å². The van der Waals surface area contributed by atoms with Crippen molar-refractivity contribution in [1.82, 2.24) is 14.8 Å².